The third kappa shape index (κ3) is 3.56. The number of carbonyl (C=O) groups is 1. The number of nitrogens with one attached hydrogen (secondary N) is 1. The molecule has 0 spiro atoms. The maximum absolute atomic E-state index is 12.9. The first-order valence-electron chi connectivity index (χ1n) is 8.22. The molecule has 25 heavy (non-hydrogen) atoms. The van der Waals surface area contributed by atoms with Crippen LogP contribution in [-0.2, 0) is 4.79 Å². The van der Waals surface area contributed by atoms with Crippen molar-refractivity contribution in [2.75, 3.05) is 23.9 Å². The number of carbonyl (C=O) groups excluding carboxylic acids is 1. The lowest BCUT2D eigenvalue weighted by molar-refractivity contribution is -0.120. The average molecular weight is 336 g/mol. The maximum atomic E-state index is 12.9. The maximum Gasteiger partial charge on any atom is 0.249 e. The summed E-state index contributed by atoms with van der Waals surface area (Å²) in [7, 11) is 1.61. The number of benzene rings is 1. The van der Waals surface area contributed by atoms with Gasteiger partial charge in [0.25, 0.3) is 0 Å². The third-order valence-electron chi connectivity index (χ3n) is 4.33. The number of nitrogens with zero attached hydrogens (tertiary/aromatic N) is 3. The number of rotatable bonds is 4. The van der Waals surface area contributed by atoms with Gasteiger partial charge in [-0.3, -0.25) is 4.79 Å². The molecule has 1 unspecified atom stereocenters. The SMILES string of the molecule is COc1cccc(N2CCCC(Nc3ccc(C)c(C#N)n3)C2=O)c1. The first-order chi connectivity index (χ1) is 12.1. The minimum atomic E-state index is -0.360. The van der Waals surface area contributed by atoms with Crippen molar-refractivity contribution in [3.8, 4) is 11.8 Å². The van der Waals surface area contributed by atoms with Gasteiger partial charge in [0.1, 0.15) is 29.4 Å². The van der Waals surface area contributed by atoms with E-state index in [2.05, 4.69) is 16.4 Å². The highest BCUT2D eigenvalue weighted by molar-refractivity contribution is 5.99. The Morgan fingerprint density at radius 3 is 2.96 bits per heavy atom. The first-order valence-corrected chi connectivity index (χ1v) is 8.22. The van der Waals surface area contributed by atoms with Crippen molar-refractivity contribution in [1.82, 2.24) is 4.98 Å². The molecule has 128 valence electrons. The third-order valence-corrected chi connectivity index (χ3v) is 4.33. The number of aromatic nitrogens is 1. The van der Waals surface area contributed by atoms with Crippen LogP contribution in [0.5, 0.6) is 5.75 Å². The summed E-state index contributed by atoms with van der Waals surface area (Å²) in [5, 5.41) is 12.3. The Kier molecular flexibility index (Phi) is 4.85. The molecule has 1 aliphatic rings. The number of pyridine rings is 1. The Hall–Kier alpha value is -3.07. The zero-order chi connectivity index (χ0) is 17.8. The lowest BCUT2D eigenvalue weighted by Crippen LogP contribution is -2.47. The fourth-order valence-electron chi connectivity index (χ4n) is 2.94. The number of anilines is 2. The van der Waals surface area contributed by atoms with Gasteiger partial charge in [-0.25, -0.2) is 4.98 Å². The predicted molar refractivity (Wildman–Crippen MR) is 95.7 cm³/mol. The van der Waals surface area contributed by atoms with Gasteiger partial charge in [-0.2, -0.15) is 5.26 Å². The smallest absolute Gasteiger partial charge is 0.249 e. The highest BCUT2D eigenvalue weighted by atomic mass is 16.5. The summed E-state index contributed by atoms with van der Waals surface area (Å²) in [6.45, 7) is 2.51. The summed E-state index contributed by atoms with van der Waals surface area (Å²) < 4.78 is 5.25. The van der Waals surface area contributed by atoms with Crippen molar-refractivity contribution in [2.45, 2.75) is 25.8 Å². The van der Waals surface area contributed by atoms with Crippen molar-refractivity contribution in [3.05, 3.63) is 47.7 Å². The molecule has 2 heterocycles. The van der Waals surface area contributed by atoms with Crippen molar-refractivity contribution >= 4 is 17.4 Å². The molecule has 1 amide bonds. The van der Waals surface area contributed by atoms with Gasteiger partial charge >= 0.3 is 0 Å². The summed E-state index contributed by atoms with van der Waals surface area (Å²) in [6, 6.07) is 12.8. The van der Waals surface area contributed by atoms with Gasteiger partial charge in [0.05, 0.1) is 7.11 Å². The van der Waals surface area contributed by atoms with E-state index in [-0.39, 0.29) is 11.9 Å². The molecule has 0 radical (unpaired) electrons. The summed E-state index contributed by atoms with van der Waals surface area (Å²) in [5.41, 5.74) is 2.02. The monoisotopic (exact) mass is 336 g/mol. The molecule has 1 aromatic carbocycles. The fourth-order valence-corrected chi connectivity index (χ4v) is 2.94. The number of amides is 1. The molecule has 1 atom stereocenters. The molecule has 1 saturated heterocycles. The number of hydrogen-bond acceptors (Lipinski definition) is 5. The van der Waals surface area contributed by atoms with Crippen LogP contribution < -0.4 is 15.0 Å². The first kappa shape index (κ1) is 16.8. The van der Waals surface area contributed by atoms with Crippen LogP contribution in [0.1, 0.15) is 24.1 Å². The molecule has 3 rings (SSSR count). The van der Waals surface area contributed by atoms with E-state index in [9.17, 15) is 4.79 Å². The van der Waals surface area contributed by atoms with Gasteiger partial charge < -0.3 is 15.0 Å². The molecular formula is C19H20N4O2. The summed E-state index contributed by atoms with van der Waals surface area (Å²) in [6.07, 6.45) is 1.62. The van der Waals surface area contributed by atoms with Crippen molar-refractivity contribution < 1.29 is 9.53 Å². The number of ether oxygens (including phenoxy) is 1. The Bertz CT molecular complexity index is 828. The topological polar surface area (TPSA) is 78.2 Å². The quantitative estimate of drug-likeness (QED) is 0.929. The summed E-state index contributed by atoms with van der Waals surface area (Å²) >= 11 is 0. The van der Waals surface area contributed by atoms with Crippen molar-refractivity contribution in [1.29, 1.82) is 5.26 Å². The molecule has 1 aliphatic heterocycles. The van der Waals surface area contributed by atoms with Crippen LogP contribution in [0.25, 0.3) is 0 Å². The Morgan fingerprint density at radius 1 is 1.36 bits per heavy atom. The van der Waals surface area contributed by atoms with E-state index in [1.165, 1.54) is 0 Å². The minimum Gasteiger partial charge on any atom is -0.497 e. The van der Waals surface area contributed by atoms with E-state index in [1.807, 2.05) is 37.3 Å². The van der Waals surface area contributed by atoms with Gasteiger partial charge in [-0.05, 0) is 43.5 Å². The fraction of sp³-hybridized carbons (Fsp3) is 0.316. The lowest BCUT2D eigenvalue weighted by Gasteiger charge is -2.33. The molecule has 6 heteroatoms. The average Bonchev–Trinajstić information content (AvgIpc) is 2.65. The van der Waals surface area contributed by atoms with Crippen LogP contribution in [-0.4, -0.2) is 30.6 Å². The molecule has 1 fully saturated rings. The molecule has 2 aromatic rings. The lowest BCUT2D eigenvalue weighted by atomic mass is 10.0. The van der Waals surface area contributed by atoms with Crippen molar-refractivity contribution in [3.63, 3.8) is 0 Å². The van der Waals surface area contributed by atoms with Gasteiger partial charge in [0.2, 0.25) is 5.91 Å². The predicted octanol–water partition coefficient (Wildman–Crippen LogP) is 2.88. The van der Waals surface area contributed by atoms with Gasteiger partial charge in [0, 0.05) is 18.3 Å². The zero-order valence-corrected chi connectivity index (χ0v) is 14.3. The second kappa shape index (κ2) is 7.22. The Labute approximate surface area is 147 Å². The molecule has 0 saturated carbocycles. The highest BCUT2D eigenvalue weighted by Crippen LogP contribution is 2.26. The molecule has 1 aromatic heterocycles. The Morgan fingerprint density at radius 2 is 2.20 bits per heavy atom. The number of aryl methyl sites for hydroxylation is 1. The minimum absolute atomic E-state index is 0.000357. The van der Waals surface area contributed by atoms with E-state index in [1.54, 1.807) is 18.1 Å². The van der Waals surface area contributed by atoms with Crippen LogP contribution >= 0.6 is 0 Å². The Balaban J connectivity index is 1.79. The molecular weight excluding hydrogens is 316 g/mol. The second-order valence-electron chi connectivity index (χ2n) is 6.00. The number of nitriles is 1. The van der Waals surface area contributed by atoms with E-state index in [4.69, 9.17) is 10.00 Å². The summed E-state index contributed by atoms with van der Waals surface area (Å²) in [5.74, 6) is 1.27. The van der Waals surface area contributed by atoms with Crippen molar-refractivity contribution in [2.24, 2.45) is 0 Å². The molecule has 0 bridgehead atoms. The van der Waals surface area contributed by atoms with Crippen LogP contribution in [0.3, 0.4) is 0 Å². The number of methoxy groups -OCH3 is 1. The van der Waals surface area contributed by atoms with Crippen LogP contribution in [0.15, 0.2) is 36.4 Å². The van der Waals surface area contributed by atoms with E-state index < -0.39 is 0 Å². The largest absolute Gasteiger partial charge is 0.497 e. The molecule has 1 N–H and O–H groups in total. The number of piperidine rings is 1. The van der Waals surface area contributed by atoms with E-state index >= 15 is 0 Å². The van der Waals surface area contributed by atoms with Crippen LogP contribution in [0.2, 0.25) is 0 Å². The number of hydrogen-bond donors (Lipinski definition) is 1. The highest BCUT2D eigenvalue weighted by Gasteiger charge is 2.30. The van der Waals surface area contributed by atoms with Gasteiger partial charge in [-0.1, -0.05) is 12.1 Å². The zero-order valence-electron chi connectivity index (χ0n) is 14.3. The normalized spacial score (nSPS) is 17.1. The van der Waals surface area contributed by atoms with Gasteiger partial charge in [0.15, 0.2) is 0 Å². The second-order valence-corrected chi connectivity index (χ2v) is 6.00. The van der Waals surface area contributed by atoms with Crippen LogP contribution in [0, 0.1) is 18.3 Å². The van der Waals surface area contributed by atoms with E-state index in [0.717, 1.165) is 29.8 Å². The van der Waals surface area contributed by atoms with Crippen LogP contribution in [0.4, 0.5) is 11.5 Å². The molecule has 6 nitrogen and oxygen atoms in total. The summed E-state index contributed by atoms with van der Waals surface area (Å²) in [4.78, 5) is 18.9. The molecule has 0 aliphatic carbocycles. The standard InChI is InChI=1S/C19H20N4O2/c1-13-8-9-18(22-17(13)12-20)21-16-7-4-10-23(19(16)24)14-5-3-6-15(11-14)25-2/h3,5-6,8-9,11,16H,4,7,10H2,1-2H3,(H,21,22). The van der Waals surface area contributed by atoms with E-state index in [0.29, 0.717) is 18.1 Å². The van der Waals surface area contributed by atoms with Gasteiger partial charge in [-0.15, -0.1) is 0 Å².